The van der Waals surface area contributed by atoms with Crippen LogP contribution < -0.4 is 5.46 Å². The van der Waals surface area contributed by atoms with E-state index >= 15 is 0 Å². The Morgan fingerprint density at radius 1 is 1.35 bits per heavy atom. The SMILES string of the molecule is CBc1ccc(S(=O)(=O)CC(=S)OCC)cc1. The van der Waals surface area contributed by atoms with Crippen molar-refractivity contribution in [3.63, 3.8) is 0 Å². The standard InChI is InChI=1S/C11H15BO3S2/c1-3-15-11(16)8-17(13,14)10-6-4-9(12-2)5-7-10/h4-7,12H,3,8H2,1-2H3. The number of benzene rings is 1. The molecule has 1 aromatic rings. The van der Waals surface area contributed by atoms with Crippen LogP contribution in [0.4, 0.5) is 0 Å². The highest BCUT2D eigenvalue weighted by Gasteiger charge is 2.17. The predicted octanol–water partition coefficient (Wildman–Crippen LogP) is 0.934. The lowest BCUT2D eigenvalue weighted by atomic mass is 9.74. The first-order valence-corrected chi connectivity index (χ1v) is 7.53. The molecule has 0 fully saturated rings. The minimum absolute atomic E-state index is 0.118. The summed E-state index contributed by atoms with van der Waals surface area (Å²) in [4.78, 5) is 0.289. The van der Waals surface area contributed by atoms with Gasteiger partial charge in [-0.1, -0.05) is 24.4 Å². The molecule has 0 N–H and O–H groups in total. The van der Waals surface area contributed by atoms with Crippen LogP contribution in [0.15, 0.2) is 29.2 Å². The molecule has 0 saturated carbocycles. The van der Waals surface area contributed by atoms with Gasteiger partial charge in [-0.05, 0) is 31.3 Å². The molecule has 1 rings (SSSR count). The van der Waals surface area contributed by atoms with Crippen molar-refractivity contribution in [2.45, 2.75) is 18.6 Å². The predicted molar refractivity (Wildman–Crippen MR) is 75.4 cm³/mol. The second-order valence-electron chi connectivity index (χ2n) is 3.56. The molecular weight excluding hydrogens is 255 g/mol. The zero-order chi connectivity index (χ0) is 12.9. The lowest BCUT2D eigenvalue weighted by Gasteiger charge is -2.07. The summed E-state index contributed by atoms with van der Waals surface area (Å²) in [5, 5.41) is 0.118. The summed E-state index contributed by atoms with van der Waals surface area (Å²) in [7, 11) is -2.49. The molecule has 1 aromatic carbocycles. The normalized spacial score (nSPS) is 10.9. The topological polar surface area (TPSA) is 43.4 Å². The fourth-order valence-electron chi connectivity index (χ4n) is 1.37. The molecule has 92 valence electrons. The molecule has 17 heavy (non-hydrogen) atoms. The van der Waals surface area contributed by atoms with Gasteiger partial charge in [0, 0.05) is 0 Å². The smallest absolute Gasteiger partial charge is 0.186 e. The Bertz CT molecular complexity index is 480. The number of hydrogen-bond donors (Lipinski definition) is 0. The summed E-state index contributed by atoms with van der Waals surface area (Å²) in [5.74, 6) is -0.234. The largest absolute Gasteiger partial charge is 0.486 e. The Morgan fingerprint density at radius 2 is 1.94 bits per heavy atom. The molecule has 0 unspecified atom stereocenters. The van der Waals surface area contributed by atoms with Gasteiger partial charge in [0.2, 0.25) is 0 Å². The summed E-state index contributed by atoms with van der Waals surface area (Å²) in [6, 6.07) is 6.86. The number of sulfone groups is 1. The Kier molecular flexibility index (Phi) is 5.14. The van der Waals surface area contributed by atoms with Crippen molar-refractivity contribution >= 4 is 39.8 Å². The van der Waals surface area contributed by atoms with Crippen LogP contribution >= 0.6 is 12.2 Å². The van der Waals surface area contributed by atoms with Crippen LogP contribution in [-0.4, -0.2) is 33.1 Å². The van der Waals surface area contributed by atoms with Crippen LogP contribution in [0.1, 0.15) is 6.92 Å². The summed E-state index contributed by atoms with van der Waals surface area (Å²) >= 11 is 4.85. The van der Waals surface area contributed by atoms with Gasteiger partial charge in [0.15, 0.2) is 22.2 Å². The van der Waals surface area contributed by atoms with E-state index in [0.29, 0.717) is 6.61 Å². The van der Waals surface area contributed by atoms with Crippen LogP contribution in [0, 0.1) is 0 Å². The van der Waals surface area contributed by atoms with E-state index in [1.54, 1.807) is 19.1 Å². The van der Waals surface area contributed by atoms with E-state index in [1.165, 1.54) is 0 Å². The van der Waals surface area contributed by atoms with Crippen molar-refractivity contribution in [1.29, 1.82) is 0 Å². The minimum Gasteiger partial charge on any atom is -0.486 e. The van der Waals surface area contributed by atoms with Crippen LogP contribution in [0.5, 0.6) is 0 Å². The van der Waals surface area contributed by atoms with Gasteiger partial charge in [-0.15, -0.1) is 0 Å². The number of thiocarbonyl (C=S) groups is 1. The summed E-state index contributed by atoms with van der Waals surface area (Å²) < 4.78 is 28.9. The van der Waals surface area contributed by atoms with Crippen molar-refractivity contribution < 1.29 is 13.2 Å². The minimum atomic E-state index is -3.37. The second-order valence-corrected chi connectivity index (χ2v) is 6.01. The Balaban J connectivity index is 2.85. The van der Waals surface area contributed by atoms with Crippen molar-refractivity contribution in [2.75, 3.05) is 12.4 Å². The number of hydrogen-bond acceptors (Lipinski definition) is 4. The molecule has 0 spiro atoms. The van der Waals surface area contributed by atoms with Gasteiger partial charge < -0.3 is 4.74 Å². The third-order valence-electron chi connectivity index (χ3n) is 2.30. The van der Waals surface area contributed by atoms with Crippen molar-refractivity contribution in [2.24, 2.45) is 0 Å². The average Bonchev–Trinajstić information content (AvgIpc) is 2.28. The molecular formula is C11H15BO3S2. The first-order valence-electron chi connectivity index (χ1n) is 5.47. The molecule has 0 bridgehead atoms. The van der Waals surface area contributed by atoms with E-state index in [2.05, 4.69) is 0 Å². The number of ether oxygens (including phenoxy) is 1. The van der Waals surface area contributed by atoms with E-state index in [1.807, 2.05) is 19.0 Å². The van der Waals surface area contributed by atoms with Crippen LogP contribution in [0.2, 0.25) is 6.82 Å². The van der Waals surface area contributed by atoms with Gasteiger partial charge >= 0.3 is 0 Å². The van der Waals surface area contributed by atoms with Gasteiger partial charge in [-0.3, -0.25) is 0 Å². The van der Waals surface area contributed by atoms with Crippen LogP contribution in [0.3, 0.4) is 0 Å². The molecule has 0 atom stereocenters. The summed E-state index contributed by atoms with van der Waals surface area (Å²) in [6.45, 7) is 4.19. The zero-order valence-electron chi connectivity index (χ0n) is 9.97. The lowest BCUT2D eigenvalue weighted by molar-refractivity contribution is 0.334. The molecule has 6 heteroatoms. The van der Waals surface area contributed by atoms with Gasteiger partial charge in [0.25, 0.3) is 0 Å². The lowest BCUT2D eigenvalue weighted by Crippen LogP contribution is -2.18. The summed E-state index contributed by atoms with van der Waals surface area (Å²) in [5.41, 5.74) is 1.11. The highest BCUT2D eigenvalue weighted by Crippen LogP contribution is 2.10. The Morgan fingerprint density at radius 3 is 2.41 bits per heavy atom. The molecule has 0 aliphatic carbocycles. The highest BCUT2D eigenvalue weighted by atomic mass is 32.2. The zero-order valence-corrected chi connectivity index (χ0v) is 11.6. The number of rotatable bonds is 5. The molecule has 0 radical (unpaired) electrons. The summed E-state index contributed by atoms with van der Waals surface area (Å²) in [6.07, 6.45) is 0. The maximum absolute atomic E-state index is 11.9. The first kappa shape index (κ1) is 14.2. The maximum Gasteiger partial charge on any atom is 0.186 e. The molecule has 0 aromatic heterocycles. The van der Waals surface area contributed by atoms with E-state index in [0.717, 1.165) is 12.7 Å². The third kappa shape index (κ3) is 4.13. The van der Waals surface area contributed by atoms with Gasteiger partial charge in [-0.2, -0.15) is 0 Å². The fourth-order valence-corrected chi connectivity index (χ4v) is 3.07. The Labute approximate surface area is 108 Å². The monoisotopic (exact) mass is 270 g/mol. The average molecular weight is 270 g/mol. The van der Waals surface area contributed by atoms with Crippen molar-refractivity contribution in [1.82, 2.24) is 0 Å². The molecule has 3 nitrogen and oxygen atoms in total. The highest BCUT2D eigenvalue weighted by molar-refractivity contribution is 7.93. The van der Waals surface area contributed by atoms with Gasteiger partial charge in [0.05, 0.1) is 11.5 Å². The molecule has 0 heterocycles. The quantitative estimate of drug-likeness (QED) is 0.590. The first-order chi connectivity index (χ1) is 7.99. The van der Waals surface area contributed by atoms with Gasteiger partial charge in [-0.25, -0.2) is 8.42 Å². The van der Waals surface area contributed by atoms with E-state index in [4.69, 9.17) is 17.0 Å². The van der Waals surface area contributed by atoms with Gasteiger partial charge in [0.1, 0.15) is 5.75 Å². The fraction of sp³-hybridized carbons (Fsp3) is 0.364. The molecule has 0 amide bonds. The second kappa shape index (κ2) is 6.16. The van der Waals surface area contributed by atoms with Crippen LogP contribution in [-0.2, 0) is 14.6 Å². The molecule has 0 aliphatic rings. The van der Waals surface area contributed by atoms with E-state index < -0.39 is 9.84 Å². The maximum atomic E-state index is 11.9. The third-order valence-corrected chi connectivity index (χ3v) is 4.38. The van der Waals surface area contributed by atoms with E-state index in [-0.39, 0.29) is 15.7 Å². The molecule has 0 aliphatic heterocycles. The van der Waals surface area contributed by atoms with E-state index in [9.17, 15) is 8.42 Å². The van der Waals surface area contributed by atoms with Crippen molar-refractivity contribution in [3.8, 4) is 0 Å². The molecule has 0 saturated heterocycles. The van der Waals surface area contributed by atoms with Crippen LogP contribution in [0.25, 0.3) is 0 Å². The van der Waals surface area contributed by atoms with Crippen molar-refractivity contribution in [3.05, 3.63) is 24.3 Å². The Hall–Kier alpha value is -0.875.